The van der Waals surface area contributed by atoms with Crippen LogP contribution in [0.25, 0.3) is 11.0 Å². The van der Waals surface area contributed by atoms with E-state index in [4.69, 9.17) is 16.0 Å². The number of halogens is 1. The number of amides is 1. The van der Waals surface area contributed by atoms with Gasteiger partial charge in [-0.25, -0.2) is 0 Å². The van der Waals surface area contributed by atoms with Crippen molar-refractivity contribution < 1.29 is 9.21 Å². The predicted molar refractivity (Wildman–Crippen MR) is 119 cm³/mol. The third kappa shape index (κ3) is 4.17. The number of anilines is 1. The first-order valence-electron chi connectivity index (χ1n) is 8.94. The summed E-state index contributed by atoms with van der Waals surface area (Å²) in [5, 5.41) is 12.9. The largest absolute Gasteiger partial charge is 0.451 e. The van der Waals surface area contributed by atoms with Crippen molar-refractivity contribution in [2.75, 3.05) is 5.32 Å². The number of hydrogen-bond acceptors (Lipinski definition) is 6. The lowest BCUT2D eigenvalue weighted by Gasteiger charge is -2.02. The SMILES string of the molecule is Cc1cc2oc(C(=O)Nc3nnc(SCc4ccccc4C)s3)c(C)c2cc1Cl. The number of carbonyl (C=O) groups is 1. The van der Waals surface area contributed by atoms with E-state index >= 15 is 0 Å². The summed E-state index contributed by atoms with van der Waals surface area (Å²) in [6, 6.07) is 11.9. The van der Waals surface area contributed by atoms with Crippen molar-refractivity contribution in [3.8, 4) is 0 Å². The molecule has 0 saturated heterocycles. The Balaban J connectivity index is 1.47. The summed E-state index contributed by atoms with van der Waals surface area (Å²) in [5.41, 5.74) is 4.79. The minimum absolute atomic E-state index is 0.256. The Morgan fingerprint density at radius 3 is 2.76 bits per heavy atom. The lowest BCUT2D eigenvalue weighted by Crippen LogP contribution is -2.11. The van der Waals surface area contributed by atoms with Gasteiger partial charge in [0, 0.05) is 21.7 Å². The second-order valence-corrected chi connectivity index (χ2v) is 9.30. The highest BCUT2D eigenvalue weighted by Gasteiger charge is 2.20. The molecule has 4 rings (SSSR count). The molecule has 2 heterocycles. The highest BCUT2D eigenvalue weighted by Crippen LogP contribution is 2.32. The number of rotatable bonds is 5. The van der Waals surface area contributed by atoms with E-state index in [1.165, 1.54) is 22.5 Å². The number of aryl methyl sites for hydroxylation is 3. The number of aromatic nitrogens is 2. The average Bonchev–Trinajstić information content (AvgIpc) is 3.26. The van der Waals surface area contributed by atoms with E-state index in [2.05, 4.69) is 34.6 Å². The maximum absolute atomic E-state index is 12.7. The molecule has 1 N–H and O–H groups in total. The second-order valence-electron chi connectivity index (χ2n) is 6.70. The van der Waals surface area contributed by atoms with Crippen molar-refractivity contribution in [1.82, 2.24) is 10.2 Å². The van der Waals surface area contributed by atoms with Crippen LogP contribution in [0.1, 0.15) is 32.8 Å². The van der Waals surface area contributed by atoms with Crippen LogP contribution in [0.5, 0.6) is 0 Å². The zero-order chi connectivity index (χ0) is 20.5. The molecule has 0 atom stereocenters. The molecule has 0 aliphatic rings. The Morgan fingerprint density at radius 2 is 1.97 bits per heavy atom. The molecule has 29 heavy (non-hydrogen) atoms. The van der Waals surface area contributed by atoms with Gasteiger partial charge in [0.05, 0.1) is 0 Å². The summed E-state index contributed by atoms with van der Waals surface area (Å²) in [6.45, 7) is 5.83. The molecule has 0 bridgehead atoms. The molecular weight excluding hydrogens is 426 g/mol. The summed E-state index contributed by atoms with van der Waals surface area (Å²) in [4.78, 5) is 12.7. The Hall–Kier alpha value is -2.35. The summed E-state index contributed by atoms with van der Waals surface area (Å²) in [6.07, 6.45) is 0. The quantitative estimate of drug-likeness (QED) is 0.285. The second kappa shape index (κ2) is 8.18. The molecule has 5 nitrogen and oxygen atoms in total. The van der Waals surface area contributed by atoms with Crippen molar-refractivity contribution in [3.63, 3.8) is 0 Å². The summed E-state index contributed by atoms with van der Waals surface area (Å²) >= 11 is 9.15. The molecule has 148 valence electrons. The third-order valence-corrected chi connectivity index (χ3v) is 7.09. The van der Waals surface area contributed by atoms with Crippen LogP contribution in [0.15, 0.2) is 45.2 Å². The van der Waals surface area contributed by atoms with E-state index in [1.54, 1.807) is 11.8 Å². The number of fused-ring (bicyclic) bond motifs is 1. The first-order valence-corrected chi connectivity index (χ1v) is 11.1. The summed E-state index contributed by atoms with van der Waals surface area (Å²) in [5.74, 6) is 0.711. The summed E-state index contributed by atoms with van der Waals surface area (Å²) in [7, 11) is 0. The van der Waals surface area contributed by atoms with Crippen LogP contribution < -0.4 is 5.32 Å². The lowest BCUT2D eigenvalue weighted by molar-refractivity contribution is 0.0998. The number of furan rings is 1. The molecule has 0 aliphatic heterocycles. The van der Waals surface area contributed by atoms with Crippen LogP contribution in [0.3, 0.4) is 0 Å². The van der Waals surface area contributed by atoms with Gasteiger partial charge in [-0.3, -0.25) is 10.1 Å². The van der Waals surface area contributed by atoms with Crippen molar-refractivity contribution in [1.29, 1.82) is 0 Å². The highest BCUT2D eigenvalue weighted by molar-refractivity contribution is 8.00. The van der Waals surface area contributed by atoms with Crippen molar-refractivity contribution in [3.05, 3.63) is 69.4 Å². The van der Waals surface area contributed by atoms with Crippen molar-refractivity contribution >= 4 is 56.7 Å². The molecule has 0 unspecified atom stereocenters. The van der Waals surface area contributed by atoms with Gasteiger partial charge in [-0.15, -0.1) is 10.2 Å². The van der Waals surface area contributed by atoms with Gasteiger partial charge in [0.1, 0.15) is 5.58 Å². The average molecular weight is 444 g/mol. The molecule has 8 heteroatoms. The van der Waals surface area contributed by atoms with Crippen LogP contribution in [-0.4, -0.2) is 16.1 Å². The molecule has 0 radical (unpaired) electrons. The van der Waals surface area contributed by atoms with Crippen molar-refractivity contribution in [2.24, 2.45) is 0 Å². The van der Waals surface area contributed by atoms with Gasteiger partial charge in [0.15, 0.2) is 10.1 Å². The van der Waals surface area contributed by atoms with Crippen LogP contribution in [0, 0.1) is 20.8 Å². The monoisotopic (exact) mass is 443 g/mol. The number of benzene rings is 2. The normalized spacial score (nSPS) is 11.2. The topological polar surface area (TPSA) is 68.0 Å². The fraction of sp³-hybridized carbons (Fsp3) is 0.190. The van der Waals surface area contributed by atoms with E-state index in [0.717, 1.165) is 26.6 Å². The lowest BCUT2D eigenvalue weighted by atomic mass is 10.1. The minimum atomic E-state index is -0.348. The zero-order valence-electron chi connectivity index (χ0n) is 16.1. The maximum atomic E-state index is 12.7. The Labute approximate surface area is 181 Å². The Kier molecular flexibility index (Phi) is 5.63. The number of nitrogens with zero attached hydrogens (tertiary/aromatic N) is 2. The Bertz CT molecular complexity index is 1220. The molecule has 0 aliphatic carbocycles. The van der Waals surface area contributed by atoms with Crippen molar-refractivity contribution in [2.45, 2.75) is 30.9 Å². The molecule has 2 aromatic carbocycles. The van der Waals surface area contributed by atoms with E-state index in [0.29, 0.717) is 15.7 Å². The highest BCUT2D eigenvalue weighted by atomic mass is 35.5. The number of hydrogen-bond donors (Lipinski definition) is 1. The van der Waals surface area contributed by atoms with Crippen LogP contribution >= 0.6 is 34.7 Å². The van der Waals surface area contributed by atoms with Gasteiger partial charge in [0.2, 0.25) is 5.13 Å². The smallest absolute Gasteiger partial charge is 0.293 e. The molecule has 1 amide bonds. The fourth-order valence-electron chi connectivity index (χ4n) is 2.94. The zero-order valence-corrected chi connectivity index (χ0v) is 18.5. The van der Waals surface area contributed by atoms with Gasteiger partial charge in [-0.2, -0.15) is 0 Å². The third-order valence-electron chi connectivity index (χ3n) is 4.66. The molecule has 0 fully saturated rings. The molecule has 0 spiro atoms. The first-order chi connectivity index (χ1) is 13.9. The summed E-state index contributed by atoms with van der Waals surface area (Å²) < 4.78 is 6.57. The van der Waals surface area contributed by atoms with E-state index in [-0.39, 0.29) is 11.7 Å². The Morgan fingerprint density at radius 1 is 1.17 bits per heavy atom. The standard InChI is InChI=1S/C21H18ClN3O2S2/c1-11-6-4-5-7-14(11)10-28-21-25-24-20(29-21)23-19(26)18-13(3)15-9-16(22)12(2)8-17(15)27-18/h4-9H,10H2,1-3H3,(H,23,24,26). The number of nitrogens with one attached hydrogen (secondary N) is 1. The fourth-order valence-corrected chi connectivity index (χ4v) is 4.93. The van der Waals surface area contributed by atoms with E-state index < -0.39 is 0 Å². The first kappa shape index (κ1) is 19.9. The molecular formula is C21H18ClN3O2S2. The maximum Gasteiger partial charge on any atom is 0.293 e. The van der Waals surface area contributed by atoms with Crippen LogP contribution in [0.2, 0.25) is 5.02 Å². The number of thioether (sulfide) groups is 1. The van der Waals surface area contributed by atoms with Crippen LogP contribution in [-0.2, 0) is 5.75 Å². The van der Waals surface area contributed by atoms with E-state index in [1.807, 2.05) is 38.1 Å². The molecule has 0 saturated carbocycles. The molecule has 2 aromatic heterocycles. The van der Waals surface area contributed by atoms with Gasteiger partial charge >= 0.3 is 0 Å². The predicted octanol–water partition coefficient (Wildman–Crippen LogP) is 6.41. The minimum Gasteiger partial charge on any atom is -0.451 e. The van der Waals surface area contributed by atoms with Gasteiger partial charge < -0.3 is 4.42 Å². The van der Waals surface area contributed by atoms with Crippen LogP contribution in [0.4, 0.5) is 5.13 Å². The van der Waals surface area contributed by atoms with Gasteiger partial charge in [0.25, 0.3) is 5.91 Å². The molecule has 4 aromatic rings. The van der Waals surface area contributed by atoms with E-state index in [9.17, 15) is 4.79 Å². The van der Waals surface area contributed by atoms with Gasteiger partial charge in [-0.05, 0) is 49.6 Å². The number of carbonyl (C=O) groups excluding carboxylic acids is 1. The van der Waals surface area contributed by atoms with Gasteiger partial charge in [-0.1, -0.05) is 59.0 Å².